The van der Waals surface area contributed by atoms with Gasteiger partial charge >= 0.3 is 5.97 Å². The van der Waals surface area contributed by atoms with E-state index in [9.17, 15) is 4.79 Å². The normalized spacial score (nSPS) is 45.4. The molecule has 7 aliphatic rings. The minimum absolute atomic E-state index is 0.00986. The Labute approximate surface area is 298 Å². The van der Waals surface area contributed by atoms with Gasteiger partial charge in [-0.2, -0.15) is 0 Å². The number of carbonyl (C=O) groups is 2. The van der Waals surface area contributed by atoms with Gasteiger partial charge < -0.3 is 19.1 Å². The lowest BCUT2D eigenvalue weighted by atomic mass is 9.32. The maximum Gasteiger partial charge on any atom is 0.302 e. The van der Waals surface area contributed by atoms with E-state index in [1.54, 1.807) is 14.0 Å². The fourth-order valence-electron chi connectivity index (χ4n) is 14.6. The molecule has 0 aromatic rings. The summed E-state index contributed by atoms with van der Waals surface area (Å²) in [6, 6.07) is 0. The van der Waals surface area contributed by atoms with Crippen LogP contribution in [0.4, 0.5) is 0 Å². The number of hydrogen-bond acceptors (Lipinski definition) is 6. The lowest BCUT2D eigenvalue weighted by molar-refractivity contribution is -0.251. The van der Waals surface area contributed by atoms with Gasteiger partial charge in [-0.25, -0.2) is 0 Å². The van der Waals surface area contributed by atoms with Crippen LogP contribution in [0.1, 0.15) is 126 Å². The average Bonchev–Trinajstić information content (AvgIpc) is 3.67. The van der Waals surface area contributed by atoms with Crippen molar-refractivity contribution in [2.24, 2.45) is 62.1 Å². The minimum Gasteiger partial charge on any atom is -0.462 e. The van der Waals surface area contributed by atoms with Crippen molar-refractivity contribution >= 4 is 11.9 Å². The van der Waals surface area contributed by atoms with Crippen molar-refractivity contribution in [1.29, 1.82) is 0 Å². The fraction of sp³-hybridized carbons (Fsp3) is 0.952. The van der Waals surface area contributed by atoms with Crippen LogP contribution in [0.5, 0.6) is 0 Å². The predicted molar refractivity (Wildman–Crippen MR) is 193 cm³/mol. The molecule has 0 aromatic heterocycles. The summed E-state index contributed by atoms with van der Waals surface area (Å²) in [5.41, 5.74) is 1.05. The largest absolute Gasteiger partial charge is 0.462 e. The molecule has 1 saturated heterocycles. The predicted octanol–water partition coefficient (Wildman–Crippen LogP) is 7.61. The average molecular weight is 683 g/mol. The van der Waals surface area contributed by atoms with Crippen molar-refractivity contribution in [3.8, 4) is 0 Å². The van der Waals surface area contributed by atoms with E-state index in [1.807, 2.05) is 0 Å². The zero-order valence-electron chi connectivity index (χ0n) is 32.5. The Morgan fingerprint density at radius 1 is 0.694 bits per heavy atom. The molecule has 0 aromatic carbocycles. The summed E-state index contributed by atoms with van der Waals surface area (Å²) in [6.07, 6.45) is 14.6. The van der Waals surface area contributed by atoms with E-state index in [0.717, 1.165) is 65.0 Å². The van der Waals surface area contributed by atoms with Crippen LogP contribution in [0.25, 0.3) is 0 Å². The summed E-state index contributed by atoms with van der Waals surface area (Å²) in [4.78, 5) is 32.0. The third-order valence-corrected chi connectivity index (χ3v) is 17.7. The van der Waals surface area contributed by atoms with Crippen LogP contribution < -0.4 is 0 Å². The molecule has 7 heteroatoms. The summed E-state index contributed by atoms with van der Waals surface area (Å²) in [5.74, 6) is 3.50. The second-order valence-electron chi connectivity index (χ2n) is 19.8. The summed E-state index contributed by atoms with van der Waals surface area (Å²) >= 11 is 0. The molecular formula is C42H70N2O5. The SMILES string of the molecule is COCCOCCN1CCN(C(=O)[C@]23CC[C@@H](C4(C)CC4)[C@@H]2[C@H]2CC[C@@H]4[C@@]5(C)CC[C@H](OC(C)=O)C(C)(C)[C@@H]5CC[C@@]4(C)[C@]2(C)CC3)CC1. The van der Waals surface area contributed by atoms with Crippen molar-refractivity contribution in [1.82, 2.24) is 9.80 Å². The number of nitrogens with zero attached hydrogens (tertiary/aromatic N) is 2. The molecule has 0 bridgehead atoms. The Hall–Kier alpha value is -1.18. The van der Waals surface area contributed by atoms with E-state index in [0.29, 0.717) is 54.1 Å². The fourth-order valence-corrected chi connectivity index (χ4v) is 14.6. The number of methoxy groups -OCH3 is 1. The van der Waals surface area contributed by atoms with Crippen molar-refractivity contribution in [2.75, 3.05) is 59.7 Å². The summed E-state index contributed by atoms with van der Waals surface area (Å²) in [7, 11) is 1.71. The lowest BCUT2D eigenvalue weighted by Crippen LogP contribution is -2.68. The first-order valence-corrected chi connectivity index (χ1v) is 20.4. The quantitative estimate of drug-likeness (QED) is 0.184. The van der Waals surface area contributed by atoms with Gasteiger partial charge in [-0.1, -0.05) is 41.5 Å². The molecule has 1 amide bonds. The Bertz CT molecular complexity index is 1260. The summed E-state index contributed by atoms with van der Waals surface area (Å²) in [6.45, 7) is 23.6. The molecule has 6 saturated carbocycles. The van der Waals surface area contributed by atoms with Crippen LogP contribution in [0.15, 0.2) is 0 Å². The van der Waals surface area contributed by atoms with Gasteiger partial charge in [0.2, 0.25) is 5.91 Å². The van der Waals surface area contributed by atoms with Gasteiger partial charge in [-0.05, 0) is 128 Å². The monoisotopic (exact) mass is 683 g/mol. The number of fused-ring (bicyclic) bond motifs is 7. The topological polar surface area (TPSA) is 68.3 Å². The highest BCUT2D eigenvalue weighted by atomic mass is 16.5. The Kier molecular flexibility index (Phi) is 9.41. The number of hydrogen-bond donors (Lipinski definition) is 0. The van der Waals surface area contributed by atoms with Gasteiger partial charge in [0.1, 0.15) is 6.10 Å². The highest BCUT2D eigenvalue weighted by Gasteiger charge is 2.73. The molecule has 0 unspecified atom stereocenters. The zero-order valence-corrected chi connectivity index (χ0v) is 32.5. The first-order valence-electron chi connectivity index (χ1n) is 20.4. The maximum absolute atomic E-state index is 15.1. The molecule has 0 spiro atoms. The maximum atomic E-state index is 15.1. The van der Waals surface area contributed by atoms with E-state index >= 15 is 4.79 Å². The van der Waals surface area contributed by atoms with Crippen molar-refractivity contribution in [2.45, 2.75) is 132 Å². The highest BCUT2D eigenvalue weighted by molar-refractivity contribution is 5.84. The third-order valence-electron chi connectivity index (χ3n) is 17.7. The van der Waals surface area contributed by atoms with E-state index in [2.05, 4.69) is 51.3 Å². The summed E-state index contributed by atoms with van der Waals surface area (Å²) in [5, 5.41) is 0. The number of rotatable bonds is 9. The second kappa shape index (κ2) is 12.7. The number of carbonyl (C=O) groups excluding carboxylic acids is 2. The molecule has 49 heavy (non-hydrogen) atoms. The van der Waals surface area contributed by atoms with Crippen LogP contribution in [-0.4, -0.2) is 87.4 Å². The van der Waals surface area contributed by atoms with Crippen LogP contribution >= 0.6 is 0 Å². The molecule has 6 aliphatic carbocycles. The van der Waals surface area contributed by atoms with E-state index < -0.39 is 0 Å². The standard InChI is InChI=1S/C42H70N2O5/c1-29(45)49-34-13-14-39(5)32(37(34,2)3)12-15-41(7)33(39)10-9-31-35-30(38(4)17-18-38)11-16-42(35,20-19-40(31,41)6)36(46)44-23-21-43(22-24-44)25-26-48-28-27-47-8/h30-35H,9-28H2,1-8H3/t30-,31-,32+,33-,34+,35-,39+,40-,41-,42+/m1/s1. The molecule has 10 atom stereocenters. The van der Waals surface area contributed by atoms with Gasteiger partial charge in [0, 0.05) is 52.2 Å². The number of ether oxygens (including phenoxy) is 3. The minimum atomic E-state index is -0.166. The second-order valence-corrected chi connectivity index (χ2v) is 19.8. The number of piperazine rings is 1. The molecule has 278 valence electrons. The van der Waals surface area contributed by atoms with Gasteiger partial charge in [0.15, 0.2) is 0 Å². The van der Waals surface area contributed by atoms with Crippen LogP contribution in [-0.2, 0) is 23.8 Å². The van der Waals surface area contributed by atoms with E-state index in [1.165, 1.54) is 51.4 Å². The molecule has 7 fully saturated rings. The van der Waals surface area contributed by atoms with Crippen molar-refractivity contribution in [3.05, 3.63) is 0 Å². The Balaban J connectivity index is 1.12. The lowest BCUT2D eigenvalue weighted by Gasteiger charge is -2.73. The van der Waals surface area contributed by atoms with E-state index in [4.69, 9.17) is 14.2 Å². The smallest absolute Gasteiger partial charge is 0.302 e. The van der Waals surface area contributed by atoms with Gasteiger partial charge in [-0.3, -0.25) is 14.5 Å². The first-order chi connectivity index (χ1) is 23.2. The van der Waals surface area contributed by atoms with Crippen molar-refractivity contribution in [3.63, 3.8) is 0 Å². The van der Waals surface area contributed by atoms with Crippen LogP contribution in [0.3, 0.4) is 0 Å². The third kappa shape index (κ3) is 5.58. The van der Waals surface area contributed by atoms with Gasteiger partial charge in [0.25, 0.3) is 0 Å². The molecule has 7 nitrogen and oxygen atoms in total. The molecule has 1 aliphatic heterocycles. The first kappa shape index (κ1) is 36.2. The molecular weight excluding hydrogens is 612 g/mol. The Morgan fingerprint density at radius 3 is 2.10 bits per heavy atom. The Morgan fingerprint density at radius 2 is 1.43 bits per heavy atom. The molecule has 1 heterocycles. The van der Waals surface area contributed by atoms with Crippen LogP contribution in [0, 0.1) is 62.1 Å². The van der Waals surface area contributed by atoms with Gasteiger partial charge in [-0.15, -0.1) is 0 Å². The zero-order chi connectivity index (χ0) is 35.0. The highest BCUT2D eigenvalue weighted by Crippen LogP contribution is 2.79. The molecule has 7 rings (SSSR count). The number of amides is 1. The van der Waals surface area contributed by atoms with Gasteiger partial charge in [0.05, 0.1) is 25.2 Å². The molecule has 0 N–H and O–H groups in total. The number of esters is 1. The van der Waals surface area contributed by atoms with E-state index in [-0.39, 0.29) is 39.1 Å². The summed E-state index contributed by atoms with van der Waals surface area (Å²) < 4.78 is 16.9. The van der Waals surface area contributed by atoms with Crippen LogP contribution in [0.2, 0.25) is 0 Å². The molecule has 0 radical (unpaired) electrons. The van der Waals surface area contributed by atoms with Crippen molar-refractivity contribution < 1.29 is 23.8 Å².